The Kier molecular flexibility index (Phi) is 7.45. The number of para-hydroxylation sites is 1. The summed E-state index contributed by atoms with van der Waals surface area (Å²) in [5.74, 6) is 0.443. The number of amides is 2. The number of hydrogen-bond acceptors (Lipinski definition) is 4. The molecule has 0 aromatic heterocycles. The molecule has 8 heteroatoms. The van der Waals surface area contributed by atoms with Gasteiger partial charge in [-0.3, -0.25) is 9.59 Å². The molecule has 0 bridgehead atoms. The lowest BCUT2D eigenvalue weighted by molar-refractivity contribution is -0.131. The molecular weight excluding hydrogens is 425 g/mol. The van der Waals surface area contributed by atoms with Crippen molar-refractivity contribution in [3.63, 3.8) is 0 Å². The zero-order chi connectivity index (χ0) is 21.7. The van der Waals surface area contributed by atoms with Gasteiger partial charge >= 0.3 is 0 Å². The van der Waals surface area contributed by atoms with Crippen molar-refractivity contribution in [1.82, 2.24) is 4.90 Å². The molecule has 2 amide bonds. The highest BCUT2D eigenvalue weighted by atomic mass is 35.5. The molecule has 1 aliphatic rings. The van der Waals surface area contributed by atoms with Gasteiger partial charge in [0.2, 0.25) is 5.91 Å². The van der Waals surface area contributed by atoms with E-state index in [1.165, 1.54) is 0 Å². The van der Waals surface area contributed by atoms with Crippen molar-refractivity contribution in [1.29, 1.82) is 0 Å². The van der Waals surface area contributed by atoms with Crippen molar-refractivity contribution in [3.05, 3.63) is 52.0 Å². The first-order chi connectivity index (χ1) is 14.4. The van der Waals surface area contributed by atoms with Crippen LogP contribution in [0.5, 0.6) is 5.75 Å². The lowest BCUT2D eigenvalue weighted by Gasteiger charge is -2.37. The minimum atomic E-state index is -0.286. The van der Waals surface area contributed by atoms with Crippen LogP contribution in [0.3, 0.4) is 0 Å². The number of nitrogens with one attached hydrogen (secondary N) is 1. The second kappa shape index (κ2) is 10.0. The lowest BCUT2D eigenvalue weighted by atomic mass is 10.2. The van der Waals surface area contributed by atoms with Gasteiger partial charge in [-0.15, -0.1) is 0 Å². The van der Waals surface area contributed by atoms with Crippen molar-refractivity contribution >= 4 is 46.4 Å². The number of anilines is 2. The Labute approximate surface area is 186 Å². The van der Waals surface area contributed by atoms with E-state index in [-0.39, 0.29) is 18.4 Å². The van der Waals surface area contributed by atoms with Crippen LogP contribution in [0.25, 0.3) is 0 Å². The van der Waals surface area contributed by atoms with Gasteiger partial charge in [0.1, 0.15) is 5.75 Å². The number of hydrogen-bond donors (Lipinski definition) is 1. The fourth-order valence-corrected chi connectivity index (χ4v) is 3.79. The highest BCUT2D eigenvalue weighted by Crippen LogP contribution is 2.34. The molecule has 1 saturated heterocycles. The molecule has 0 spiro atoms. The molecule has 6 nitrogen and oxygen atoms in total. The Morgan fingerprint density at radius 2 is 1.80 bits per heavy atom. The van der Waals surface area contributed by atoms with Crippen LogP contribution in [0.4, 0.5) is 11.4 Å². The van der Waals surface area contributed by atoms with Crippen LogP contribution in [0.1, 0.15) is 18.9 Å². The highest BCUT2D eigenvalue weighted by molar-refractivity contribution is 6.34. The zero-order valence-corrected chi connectivity index (χ0v) is 18.6. The molecule has 160 valence electrons. The summed E-state index contributed by atoms with van der Waals surface area (Å²) in [6.07, 6.45) is 0.501. The normalized spacial score (nSPS) is 13.9. The average molecular weight is 450 g/mol. The molecule has 1 N–H and O–H groups in total. The predicted octanol–water partition coefficient (Wildman–Crippen LogP) is 4.38. The molecule has 1 heterocycles. The van der Waals surface area contributed by atoms with Gasteiger partial charge < -0.3 is 19.9 Å². The van der Waals surface area contributed by atoms with E-state index in [4.69, 9.17) is 27.9 Å². The van der Waals surface area contributed by atoms with E-state index in [1.54, 1.807) is 30.3 Å². The van der Waals surface area contributed by atoms with Gasteiger partial charge in [0.15, 0.2) is 6.61 Å². The van der Waals surface area contributed by atoms with Gasteiger partial charge in [-0.25, -0.2) is 0 Å². The number of benzene rings is 2. The maximum Gasteiger partial charge on any atom is 0.262 e. The average Bonchev–Trinajstić information content (AvgIpc) is 2.74. The van der Waals surface area contributed by atoms with Gasteiger partial charge in [-0.1, -0.05) is 36.2 Å². The van der Waals surface area contributed by atoms with Crippen molar-refractivity contribution in [3.8, 4) is 5.75 Å². The number of carbonyl (C=O) groups excluding carboxylic acids is 2. The summed E-state index contributed by atoms with van der Waals surface area (Å²) < 4.78 is 5.58. The number of ether oxygens (including phenoxy) is 1. The molecule has 0 aliphatic carbocycles. The Morgan fingerprint density at radius 3 is 2.47 bits per heavy atom. The largest absolute Gasteiger partial charge is 0.484 e. The molecule has 0 radical (unpaired) electrons. The van der Waals surface area contributed by atoms with Crippen LogP contribution in [0, 0.1) is 6.92 Å². The van der Waals surface area contributed by atoms with Gasteiger partial charge in [-0.05, 0) is 42.8 Å². The molecule has 1 fully saturated rings. The summed E-state index contributed by atoms with van der Waals surface area (Å²) in [5, 5.41) is 4.10. The SMILES string of the molecule is CCC(=O)N1CCN(c2c(Cl)cccc2NC(=O)COc2ccc(Cl)c(C)c2)CC1. The van der Waals surface area contributed by atoms with Crippen molar-refractivity contribution < 1.29 is 14.3 Å². The Bertz CT molecular complexity index is 928. The Balaban J connectivity index is 1.65. The van der Waals surface area contributed by atoms with Crippen molar-refractivity contribution in [2.45, 2.75) is 20.3 Å². The quantitative estimate of drug-likeness (QED) is 0.710. The van der Waals surface area contributed by atoms with E-state index in [2.05, 4.69) is 10.2 Å². The Morgan fingerprint density at radius 1 is 1.07 bits per heavy atom. The van der Waals surface area contributed by atoms with E-state index in [0.29, 0.717) is 54.1 Å². The van der Waals surface area contributed by atoms with Gasteiger partial charge in [0, 0.05) is 37.6 Å². The van der Waals surface area contributed by atoms with Crippen LogP contribution in [0.2, 0.25) is 10.0 Å². The van der Waals surface area contributed by atoms with Crippen LogP contribution in [-0.2, 0) is 9.59 Å². The fourth-order valence-electron chi connectivity index (χ4n) is 3.38. The molecule has 30 heavy (non-hydrogen) atoms. The van der Waals surface area contributed by atoms with Crippen molar-refractivity contribution in [2.75, 3.05) is 43.0 Å². The number of rotatable bonds is 6. The summed E-state index contributed by atoms with van der Waals surface area (Å²) >= 11 is 12.5. The third-order valence-corrected chi connectivity index (χ3v) is 5.74. The monoisotopic (exact) mass is 449 g/mol. The van der Waals surface area contributed by atoms with E-state index >= 15 is 0 Å². The molecule has 0 unspecified atom stereocenters. The minimum absolute atomic E-state index is 0.133. The van der Waals surface area contributed by atoms with E-state index in [1.807, 2.05) is 24.8 Å². The minimum Gasteiger partial charge on any atom is -0.484 e. The molecule has 0 saturated carbocycles. The summed E-state index contributed by atoms with van der Waals surface area (Å²) in [4.78, 5) is 28.4. The summed E-state index contributed by atoms with van der Waals surface area (Å²) in [6, 6.07) is 10.7. The maximum absolute atomic E-state index is 12.5. The number of piperazine rings is 1. The van der Waals surface area contributed by atoms with E-state index in [0.717, 1.165) is 11.3 Å². The van der Waals surface area contributed by atoms with Crippen LogP contribution < -0.4 is 15.0 Å². The number of nitrogens with zero attached hydrogens (tertiary/aromatic N) is 2. The molecule has 2 aromatic rings. The molecule has 0 atom stereocenters. The first-order valence-corrected chi connectivity index (χ1v) is 10.6. The summed E-state index contributed by atoms with van der Waals surface area (Å²) in [5.41, 5.74) is 2.27. The number of aryl methyl sites for hydroxylation is 1. The number of carbonyl (C=O) groups is 2. The van der Waals surface area contributed by atoms with Crippen LogP contribution >= 0.6 is 23.2 Å². The fraction of sp³-hybridized carbons (Fsp3) is 0.364. The second-order valence-electron chi connectivity index (χ2n) is 7.11. The highest BCUT2D eigenvalue weighted by Gasteiger charge is 2.24. The van der Waals surface area contributed by atoms with E-state index in [9.17, 15) is 9.59 Å². The molecule has 1 aliphatic heterocycles. The Hall–Kier alpha value is -2.44. The molecule has 2 aromatic carbocycles. The summed E-state index contributed by atoms with van der Waals surface area (Å²) in [6.45, 7) is 6.17. The number of halogens is 2. The van der Waals surface area contributed by atoms with Crippen molar-refractivity contribution in [2.24, 2.45) is 0 Å². The molecular formula is C22H25Cl2N3O3. The van der Waals surface area contributed by atoms with E-state index < -0.39 is 0 Å². The third-order valence-electron chi connectivity index (χ3n) is 5.01. The third kappa shape index (κ3) is 5.37. The maximum atomic E-state index is 12.5. The summed E-state index contributed by atoms with van der Waals surface area (Å²) in [7, 11) is 0. The standard InChI is InChI=1S/C22H25Cl2N3O3/c1-3-21(29)26-9-11-27(12-10-26)22-18(24)5-4-6-19(22)25-20(28)14-30-16-7-8-17(23)15(2)13-16/h4-8,13H,3,9-12,14H2,1-2H3,(H,25,28). The second-order valence-corrected chi connectivity index (χ2v) is 7.92. The lowest BCUT2D eigenvalue weighted by Crippen LogP contribution is -2.48. The smallest absolute Gasteiger partial charge is 0.262 e. The zero-order valence-electron chi connectivity index (χ0n) is 17.1. The van der Waals surface area contributed by atoms with Crippen LogP contribution in [0.15, 0.2) is 36.4 Å². The first kappa shape index (κ1) is 22.2. The first-order valence-electron chi connectivity index (χ1n) is 9.89. The molecule has 3 rings (SSSR count). The van der Waals surface area contributed by atoms with Crippen LogP contribution in [-0.4, -0.2) is 49.5 Å². The topological polar surface area (TPSA) is 61.9 Å². The van der Waals surface area contributed by atoms with Gasteiger partial charge in [0.25, 0.3) is 5.91 Å². The van der Waals surface area contributed by atoms with Gasteiger partial charge in [-0.2, -0.15) is 0 Å². The van der Waals surface area contributed by atoms with Gasteiger partial charge in [0.05, 0.1) is 16.4 Å². The predicted molar refractivity (Wildman–Crippen MR) is 121 cm³/mol.